The molecule has 0 aliphatic carbocycles. The van der Waals surface area contributed by atoms with E-state index in [2.05, 4.69) is 18.1 Å². The third-order valence-electron chi connectivity index (χ3n) is 3.22. The Morgan fingerprint density at radius 1 is 1.39 bits per heavy atom. The maximum Gasteiger partial charge on any atom is 0.123 e. The molecule has 4 heteroatoms. The number of thioether (sulfide) groups is 1. The Labute approximate surface area is 113 Å². The van der Waals surface area contributed by atoms with Gasteiger partial charge in [0.25, 0.3) is 0 Å². The van der Waals surface area contributed by atoms with Crippen molar-refractivity contribution in [3.63, 3.8) is 0 Å². The maximum atomic E-state index is 13.2. The van der Waals surface area contributed by atoms with E-state index >= 15 is 0 Å². The average molecular weight is 271 g/mol. The Kier molecular flexibility index (Phi) is 5.96. The van der Waals surface area contributed by atoms with Crippen LogP contribution in [0.4, 0.5) is 10.1 Å². The topological polar surface area (TPSA) is 23.5 Å². The minimum atomic E-state index is -0.661. The highest BCUT2D eigenvalue weighted by atomic mass is 32.2. The zero-order chi connectivity index (χ0) is 13.7. The lowest BCUT2D eigenvalue weighted by molar-refractivity contribution is 0.199. The first kappa shape index (κ1) is 15.3. The summed E-state index contributed by atoms with van der Waals surface area (Å²) < 4.78 is 13.2. The van der Waals surface area contributed by atoms with Gasteiger partial charge in [-0.25, -0.2) is 4.39 Å². The standard InChI is InChI=1S/C14H22FNOS/c1-10(7-8-18-4)16(3)14-6-5-12(15)9-13(14)11(2)17/h5-6,9-11,17H,7-8H2,1-4H3. The molecule has 2 nitrogen and oxygen atoms in total. The Morgan fingerprint density at radius 2 is 2.06 bits per heavy atom. The van der Waals surface area contributed by atoms with Crippen molar-refractivity contribution >= 4 is 17.4 Å². The number of halogens is 1. The van der Waals surface area contributed by atoms with E-state index in [9.17, 15) is 9.50 Å². The normalized spacial score (nSPS) is 14.3. The zero-order valence-corrected chi connectivity index (χ0v) is 12.3. The molecule has 0 saturated carbocycles. The van der Waals surface area contributed by atoms with Crippen molar-refractivity contribution in [1.82, 2.24) is 0 Å². The van der Waals surface area contributed by atoms with E-state index in [1.54, 1.807) is 13.0 Å². The fraction of sp³-hybridized carbons (Fsp3) is 0.571. The van der Waals surface area contributed by atoms with Gasteiger partial charge in [-0.1, -0.05) is 0 Å². The van der Waals surface area contributed by atoms with Gasteiger partial charge >= 0.3 is 0 Å². The monoisotopic (exact) mass is 271 g/mol. The van der Waals surface area contributed by atoms with Crippen LogP contribution in [0, 0.1) is 5.82 Å². The lowest BCUT2D eigenvalue weighted by Gasteiger charge is -2.29. The number of hydrogen-bond acceptors (Lipinski definition) is 3. The summed E-state index contributed by atoms with van der Waals surface area (Å²) in [5.41, 5.74) is 1.55. The molecule has 0 heterocycles. The molecule has 0 amide bonds. The molecule has 2 atom stereocenters. The predicted molar refractivity (Wildman–Crippen MR) is 77.9 cm³/mol. The molecule has 18 heavy (non-hydrogen) atoms. The molecule has 0 bridgehead atoms. The highest BCUT2D eigenvalue weighted by Gasteiger charge is 2.16. The lowest BCUT2D eigenvalue weighted by atomic mass is 10.1. The first-order chi connectivity index (χ1) is 8.47. The summed E-state index contributed by atoms with van der Waals surface area (Å²) in [5.74, 6) is 0.788. The largest absolute Gasteiger partial charge is 0.389 e. The molecule has 2 unspecified atom stereocenters. The van der Waals surface area contributed by atoms with Gasteiger partial charge in [0, 0.05) is 24.3 Å². The molecular weight excluding hydrogens is 249 g/mol. The third-order valence-corrected chi connectivity index (χ3v) is 3.86. The van der Waals surface area contributed by atoms with Crippen LogP contribution in [-0.2, 0) is 0 Å². The molecule has 0 aliphatic rings. The van der Waals surface area contributed by atoms with Gasteiger partial charge in [0.2, 0.25) is 0 Å². The van der Waals surface area contributed by atoms with Crippen molar-refractivity contribution in [3.8, 4) is 0 Å². The second-order valence-corrected chi connectivity index (χ2v) is 5.61. The van der Waals surface area contributed by atoms with Gasteiger partial charge in [0.1, 0.15) is 5.82 Å². The maximum absolute atomic E-state index is 13.2. The van der Waals surface area contributed by atoms with Gasteiger partial charge in [-0.3, -0.25) is 0 Å². The van der Waals surface area contributed by atoms with E-state index in [1.165, 1.54) is 12.1 Å². The van der Waals surface area contributed by atoms with E-state index in [1.807, 2.05) is 18.8 Å². The molecule has 1 aromatic rings. The van der Waals surface area contributed by atoms with Crippen molar-refractivity contribution in [1.29, 1.82) is 0 Å². The number of benzene rings is 1. The molecule has 1 N–H and O–H groups in total. The second-order valence-electron chi connectivity index (χ2n) is 4.62. The number of hydrogen-bond donors (Lipinski definition) is 1. The molecule has 1 aromatic carbocycles. The number of aliphatic hydroxyl groups excluding tert-OH is 1. The Balaban J connectivity index is 2.93. The molecular formula is C14H22FNOS. The Bertz CT molecular complexity index is 384. The van der Waals surface area contributed by atoms with Crippen molar-refractivity contribution in [2.45, 2.75) is 32.4 Å². The highest BCUT2D eigenvalue weighted by Crippen LogP contribution is 2.28. The van der Waals surface area contributed by atoms with E-state index in [4.69, 9.17) is 0 Å². The Hall–Kier alpha value is -0.740. The van der Waals surface area contributed by atoms with Gasteiger partial charge < -0.3 is 10.0 Å². The van der Waals surface area contributed by atoms with E-state index < -0.39 is 6.10 Å². The quantitative estimate of drug-likeness (QED) is 0.857. The number of aliphatic hydroxyl groups is 1. The third kappa shape index (κ3) is 3.89. The van der Waals surface area contributed by atoms with Gasteiger partial charge in [-0.15, -0.1) is 0 Å². The fourth-order valence-electron chi connectivity index (χ4n) is 1.90. The van der Waals surface area contributed by atoms with Crippen molar-refractivity contribution < 1.29 is 9.50 Å². The summed E-state index contributed by atoms with van der Waals surface area (Å²) in [5, 5.41) is 9.74. The molecule has 0 radical (unpaired) electrons. The van der Waals surface area contributed by atoms with Gasteiger partial charge in [-0.05, 0) is 50.5 Å². The van der Waals surface area contributed by atoms with E-state index in [-0.39, 0.29) is 5.82 Å². The minimum absolute atomic E-state index is 0.306. The number of anilines is 1. The summed E-state index contributed by atoms with van der Waals surface area (Å²) in [6.45, 7) is 3.81. The van der Waals surface area contributed by atoms with E-state index in [0.717, 1.165) is 17.9 Å². The van der Waals surface area contributed by atoms with Crippen LogP contribution in [0.5, 0.6) is 0 Å². The van der Waals surface area contributed by atoms with Crippen molar-refractivity contribution in [3.05, 3.63) is 29.6 Å². The number of rotatable bonds is 6. The van der Waals surface area contributed by atoms with Crippen molar-refractivity contribution in [2.75, 3.05) is 24.0 Å². The molecule has 0 spiro atoms. The number of nitrogens with zero attached hydrogens (tertiary/aromatic N) is 1. The van der Waals surface area contributed by atoms with E-state index in [0.29, 0.717) is 11.6 Å². The smallest absolute Gasteiger partial charge is 0.123 e. The second kappa shape index (κ2) is 7.00. The molecule has 0 fully saturated rings. The molecule has 102 valence electrons. The predicted octanol–water partition coefficient (Wildman–Crippen LogP) is 3.46. The first-order valence-corrected chi connectivity index (χ1v) is 7.56. The van der Waals surface area contributed by atoms with Crippen LogP contribution in [0.3, 0.4) is 0 Å². The summed E-state index contributed by atoms with van der Waals surface area (Å²) >= 11 is 1.82. The van der Waals surface area contributed by atoms with Crippen LogP contribution in [0.1, 0.15) is 31.9 Å². The summed E-state index contributed by atoms with van der Waals surface area (Å²) in [7, 11) is 1.99. The van der Waals surface area contributed by atoms with Gasteiger partial charge in [0.05, 0.1) is 6.10 Å². The summed E-state index contributed by atoms with van der Waals surface area (Å²) in [6, 6.07) is 4.96. The van der Waals surface area contributed by atoms with Crippen LogP contribution in [0.2, 0.25) is 0 Å². The minimum Gasteiger partial charge on any atom is -0.389 e. The molecule has 0 aliphatic heterocycles. The van der Waals surface area contributed by atoms with Gasteiger partial charge in [-0.2, -0.15) is 11.8 Å². The lowest BCUT2D eigenvalue weighted by Crippen LogP contribution is -2.30. The van der Waals surface area contributed by atoms with Crippen molar-refractivity contribution in [2.24, 2.45) is 0 Å². The molecule has 1 rings (SSSR count). The average Bonchev–Trinajstić information content (AvgIpc) is 2.34. The van der Waals surface area contributed by atoms with Crippen LogP contribution in [-0.4, -0.2) is 30.2 Å². The van der Waals surface area contributed by atoms with Crippen LogP contribution in [0.15, 0.2) is 18.2 Å². The molecule has 0 aromatic heterocycles. The Morgan fingerprint density at radius 3 is 2.61 bits per heavy atom. The first-order valence-electron chi connectivity index (χ1n) is 6.16. The van der Waals surface area contributed by atoms with Gasteiger partial charge in [0.15, 0.2) is 0 Å². The van der Waals surface area contributed by atoms with Crippen LogP contribution < -0.4 is 4.90 Å². The SMILES string of the molecule is CSCCC(C)N(C)c1ccc(F)cc1C(C)O. The highest BCUT2D eigenvalue weighted by molar-refractivity contribution is 7.98. The van der Waals surface area contributed by atoms with Crippen LogP contribution >= 0.6 is 11.8 Å². The fourth-order valence-corrected chi connectivity index (χ4v) is 2.48. The van der Waals surface area contributed by atoms with Crippen LogP contribution in [0.25, 0.3) is 0 Å². The zero-order valence-electron chi connectivity index (χ0n) is 11.5. The summed E-state index contributed by atoms with van der Waals surface area (Å²) in [6.07, 6.45) is 2.49. The molecule has 0 saturated heterocycles. The summed E-state index contributed by atoms with van der Waals surface area (Å²) in [4.78, 5) is 2.11.